The van der Waals surface area contributed by atoms with Crippen molar-refractivity contribution in [2.45, 2.75) is 39.3 Å². The Morgan fingerprint density at radius 1 is 1.71 bits per heavy atom. The van der Waals surface area contributed by atoms with E-state index in [1.54, 1.807) is 11.3 Å². The molecule has 1 aliphatic rings. The van der Waals surface area contributed by atoms with Gasteiger partial charge in [-0.1, -0.05) is 6.92 Å². The van der Waals surface area contributed by atoms with E-state index in [-0.39, 0.29) is 18.0 Å². The van der Waals surface area contributed by atoms with Crippen molar-refractivity contribution in [1.29, 1.82) is 0 Å². The Labute approximate surface area is 106 Å². The molecule has 4 nitrogen and oxygen atoms in total. The van der Waals surface area contributed by atoms with Crippen LogP contribution in [-0.2, 0) is 4.79 Å². The molecule has 5 heteroatoms. The summed E-state index contributed by atoms with van der Waals surface area (Å²) in [5, 5.41) is 7.24. The summed E-state index contributed by atoms with van der Waals surface area (Å²) in [6, 6.07) is -0.0469. The molecule has 1 aromatic rings. The average molecular weight is 253 g/mol. The van der Waals surface area contributed by atoms with Crippen LogP contribution >= 0.6 is 11.3 Å². The number of nitrogens with one attached hydrogen (secondary N) is 2. The van der Waals surface area contributed by atoms with Gasteiger partial charge < -0.3 is 10.6 Å². The van der Waals surface area contributed by atoms with Crippen molar-refractivity contribution in [2.24, 2.45) is 5.92 Å². The molecule has 1 saturated heterocycles. The Bertz CT molecular complexity index is 404. The molecule has 3 atom stereocenters. The zero-order chi connectivity index (χ0) is 12.4. The maximum atomic E-state index is 12.0. The Morgan fingerprint density at radius 2 is 2.47 bits per heavy atom. The predicted molar refractivity (Wildman–Crippen MR) is 69.0 cm³/mol. The lowest BCUT2D eigenvalue weighted by Gasteiger charge is -2.18. The maximum Gasteiger partial charge on any atom is 0.237 e. The quantitative estimate of drug-likeness (QED) is 0.861. The highest BCUT2D eigenvalue weighted by atomic mass is 32.1. The Morgan fingerprint density at radius 3 is 3.00 bits per heavy atom. The summed E-state index contributed by atoms with van der Waals surface area (Å²) in [4.78, 5) is 17.5. The van der Waals surface area contributed by atoms with Crippen molar-refractivity contribution in [3.05, 3.63) is 16.1 Å². The van der Waals surface area contributed by atoms with E-state index >= 15 is 0 Å². The van der Waals surface area contributed by atoms with Crippen molar-refractivity contribution in [1.82, 2.24) is 15.6 Å². The molecule has 2 N–H and O–H groups in total. The molecule has 1 amide bonds. The Hall–Kier alpha value is -0.940. The molecule has 0 radical (unpaired) electrons. The summed E-state index contributed by atoms with van der Waals surface area (Å²) in [7, 11) is 0. The summed E-state index contributed by atoms with van der Waals surface area (Å²) in [6.45, 7) is 7.05. The van der Waals surface area contributed by atoms with Gasteiger partial charge in [0.15, 0.2) is 0 Å². The summed E-state index contributed by atoms with van der Waals surface area (Å²) in [5.41, 5.74) is 0. The maximum absolute atomic E-state index is 12.0. The van der Waals surface area contributed by atoms with Crippen molar-refractivity contribution in [3.63, 3.8) is 0 Å². The lowest BCUT2D eigenvalue weighted by molar-refractivity contribution is -0.124. The fourth-order valence-electron chi connectivity index (χ4n) is 2.12. The molecule has 1 fully saturated rings. The van der Waals surface area contributed by atoms with Gasteiger partial charge in [-0.15, -0.1) is 11.3 Å². The molecule has 2 heterocycles. The molecular weight excluding hydrogens is 234 g/mol. The molecule has 1 aromatic heterocycles. The fraction of sp³-hybridized carbons (Fsp3) is 0.667. The van der Waals surface area contributed by atoms with Crippen LogP contribution in [0.25, 0.3) is 0 Å². The largest absolute Gasteiger partial charge is 0.346 e. The van der Waals surface area contributed by atoms with Crippen LogP contribution in [0, 0.1) is 12.8 Å². The molecule has 0 aromatic carbocycles. The lowest BCUT2D eigenvalue weighted by atomic mass is 10.0. The van der Waals surface area contributed by atoms with Gasteiger partial charge in [0.1, 0.15) is 5.01 Å². The van der Waals surface area contributed by atoms with Gasteiger partial charge in [0.05, 0.1) is 12.1 Å². The van der Waals surface area contributed by atoms with Crippen molar-refractivity contribution in [3.8, 4) is 0 Å². The number of amides is 1. The van der Waals surface area contributed by atoms with Gasteiger partial charge in [-0.25, -0.2) is 4.98 Å². The van der Waals surface area contributed by atoms with Crippen molar-refractivity contribution >= 4 is 17.2 Å². The standard InChI is InChI=1S/C12H19N3OS/c1-7-4-5-13-10(7)11(16)15-9(3)12-14-6-8(2)17-12/h6-7,9-10,13H,4-5H2,1-3H3,(H,15,16). The van der Waals surface area contributed by atoms with E-state index in [2.05, 4.69) is 22.5 Å². The molecule has 2 rings (SSSR count). The Kier molecular flexibility index (Phi) is 3.79. The van der Waals surface area contributed by atoms with E-state index in [1.807, 2.05) is 20.0 Å². The van der Waals surface area contributed by atoms with Gasteiger partial charge in [0, 0.05) is 11.1 Å². The monoisotopic (exact) mass is 253 g/mol. The first-order valence-corrected chi connectivity index (χ1v) is 6.85. The lowest BCUT2D eigenvalue weighted by Crippen LogP contribution is -2.44. The highest BCUT2D eigenvalue weighted by Crippen LogP contribution is 2.20. The molecule has 3 unspecified atom stereocenters. The van der Waals surface area contributed by atoms with Crippen molar-refractivity contribution < 1.29 is 4.79 Å². The van der Waals surface area contributed by atoms with Crippen LogP contribution in [-0.4, -0.2) is 23.5 Å². The zero-order valence-electron chi connectivity index (χ0n) is 10.5. The van der Waals surface area contributed by atoms with Gasteiger partial charge in [-0.2, -0.15) is 0 Å². The van der Waals surface area contributed by atoms with Crippen LogP contribution in [0.15, 0.2) is 6.20 Å². The van der Waals surface area contributed by atoms with Crippen LogP contribution in [0.4, 0.5) is 0 Å². The van der Waals surface area contributed by atoms with Gasteiger partial charge in [0.2, 0.25) is 5.91 Å². The first-order chi connectivity index (χ1) is 8.08. The predicted octanol–water partition coefficient (Wildman–Crippen LogP) is 1.63. The third-order valence-electron chi connectivity index (χ3n) is 3.18. The van der Waals surface area contributed by atoms with Gasteiger partial charge in [-0.3, -0.25) is 4.79 Å². The van der Waals surface area contributed by atoms with E-state index in [4.69, 9.17) is 0 Å². The second kappa shape index (κ2) is 5.14. The minimum absolute atomic E-state index is 0.00389. The van der Waals surface area contributed by atoms with Crippen LogP contribution < -0.4 is 10.6 Å². The molecule has 0 bridgehead atoms. The second-order valence-electron chi connectivity index (χ2n) is 4.74. The average Bonchev–Trinajstić information content (AvgIpc) is 2.86. The second-order valence-corrected chi connectivity index (χ2v) is 6.00. The number of aryl methyl sites for hydroxylation is 1. The molecule has 0 saturated carbocycles. The van der Waals surface area contributed by atoms with E-state index in [0.29, 0.717) is 5.92 Å². The topological polar surface area (TPSA) is 54.0 Å². The SMILES string of the molecule is Cc1cnc(C(C)NC(=O)C2NCCC2C)s1. The molecule has 94 valence electrons. The van der Waals surface area contributed by atoms with Gasteiger partial charge in [-0.05, 0) is 32.7 Å². The number of aromatic nitrogens is 1. The number of hydrogen-bond acceptors (Lipinski definition) is 4. The first-order valence-electron chi connectivity index (χ1n) is 6.04. The first kappa shape index (κ1) is 12.5. The summed E-state index contributed by atoms with van der Waals surface area (Å²) in [5.74, 6) is 0.510. The fourth-order valence-corrected chi connectivity index (χ4v) is 2.90. The number of carbonyl (C=O) groups is 1. The number of carbonyl (C=O) groups excluding carboxylic acids is 1. The normalized spacial score (nSPS) is 25.8. The third kappa shape index (κ3) is 2.84. The summed E-state index contributed by atoms with van der Waals surface area (Å²) < 4.78 is 0. The van der Waals surface area contributed by atoms with E-state index < -0.39 is 0 Å². The number of nitrogens with zero attached hydrogens (tertiary/aromatic N) is 1. The summed E-state index contributed by atoms with van der Waals surface area (Å²) in [6.07, 6.45) is 2.92. The van der Waals surface area contributed by atoms with E-state index in [1.165, 1.54) is 4.88 Å². The zero-order valence-corrected chi connectivity index (χ0v) is 11.3. The minimum Gasteiger partial charge on any atom is -0.346 e. The number of hydrogen-bond donors (Lipinski definition) is 2. The molecule has 17 heavy (non-hydrogen) atoms. The molecular formula is C12H19N3OS. The van der Waals surface area contributed by atoms with Gasteiger partial charge >= 0.3 is 0 Å². The van der Waals surface area contributed by atoms with E-state index in [0.717, 1.165) is 18.0 Å². The van der Waals surface area contributed by atoms with Crippen molar-refractivity contribution in [2.75, 3.05) is 6.54 Å². The molecule has 0 spiro atoms. The van der Waals surface area contributed by atoms with Gasteiger partial charge in [0.25, 0.3) is 0 Å². The highest BCUT2D eigenvalue weighted by Gasteiger charge is 2.30. The van der Waals surface area contributed by atoms with Crippen LogP contribution in [0.5, 0.6) is 0 Å². The molecule has 0 aliphatic carbocycles. The van der Waals surface area contributed by atoms with Crippen LogP contribution in [0.2, 0.25) is 0 Å². The molecule has 1 aliphatic heterocycles. The summed E-state index contributed by atoms with van der Waals surface area (Å²) >= 11 is 1.63. The number of thiazole rings is 1. The van der Waals surface area contributed by atoms with E-state index in [9.17, 15) is 4.79 Å². The smallest absolute Gasteiger partial charge is 0.237 e. The minimum atomic E-state index is -0.0430. The highest BCUT2D eigenvalue weighted by molar-refractivity contribution is 7.11. The number of rotatable bonds is 3. The van der Waals surface area contributed by atoms with Crippen LogP contribution in [0.3, 0.4) is 0 Å². The Balaban J connectivity index is 1.94. The third-order valence-corrected chi connectivity index (χ3v) is 4.28. The van der Waals surface area contributed by atoms with Crippen LogP contribution in [0.1, 0.15) is 36.2 Å².